The van der Waals surface area contributed by atoms with Crippen LogP contribution >= 0.6 is 36.2 Å². The van der Waals surface area contributed by atoms with Crippen LogP contribution in [-0.4, -0.2) is 41.6 Å². The van der Waals surface area contributed by atoms with Crippen molar-refractivity contribution in [3.05, 3.63) is 58.4 Å². The summed E-state index contributed by atoms with van der Waals surface area (Å²) >= 11 is 1.79. The molecule has 1 saturated heterocycles. The number of nitrogens with one attached hydrogen (secondary N) is 1. The normalized spacial score (nSPS) is 15.9. The Kier molecular flexibility index (Phi) is 7.26. The van der Waals surface area contributed by atoms with Gasteiger partial charge in [-0.25, -0.2) is 0 Å². The van der Waals surface area contributed by atoms with Crippen LogP contribution in [0.1, 0.15) is 28.2 Å². The summed E-state index contributed by atoms with van der Waals surface area (Å²) in [5.41, 5.74) is 2.22. The van der Waals surface area contributed by atoms with Crippen LogP contribution in [0.5, 0.6) is 0 Å². The first-order valence-corrected chi connectivity index (χ1v) is 9.23. The Bertz CT molecular complexity index is 857. The minimum Gasteiger partial charge on any atom is -0.314 e. The number of hydrogen-bond acceptors (Lipinski definition) is 4. The van der Waals surface area contributed by atoms with Gasteiger partial charge in [0.25, 0.3) is 0 Å². The number of carbonyl (C=O) groups excluding carboxylic acids is 1. The molecule has 4 nitrogen and oxygen atoms in total. The molecule has 7 heteroatoms. The molecule has 140 valence electrons. The third-order valence-electron chi connectivity index (χ3n) is 4.71. The molecule has 3 heterocycles. The summed E-state index contributed by atoms with van der Waals surface area (Å²) in [7, 11) is 0. The first-order valence-electron chi connectivity index (χ1n) is 8.35. The Labute approximate surface area is 170 Å². The van der Waals surface area contributed by atoms with Crippen LogP contribution in [0.2, 0.25) is 0 Å². The van der Waals surface area contributed by atoms with Gasteiger partial charge in [-0.05, 0) is 17.5 Å². The van der Waals surface area contributed by atoms with Crippen molar-refractivity contribution in [1.82, 2.24) is 14.8 Å². The van der Waals surface area contributed by atoms with Crippen molar-refractivity contribution in [1.29, 1.82) is 0 Å². The molecule has 0 bridgehead atoms. The molecular formula is C19H23Cl2N3OS. The van der Waals surface area contributed by atoms with E-state index in [4.69, 9.17) is 0 Å². The lowest BCUT2D eigenvalue weighted by atomic mass is 10.0. The molecule has 2 aromatic heterocycles. The monoisotopic (exact) mass is 411 g/mol. The first kappa shape index (κ1) is 20.9. The van der Waals surface area contributed by atoms with E-state index in [2.05, 4.69) is 39.9 Å². The predicted octanol–water partition coefficient (Wildman–Crippen LogP) is 4.20. The summed E-state index contributed by atoms with van der Waals surface area (Å²) in [5.74, 6) is 0.0580. The molecule has 0 saturated carbocycles. The quantitative estimate of drug-likeness (QED) is 0.701. The number of rotatable bonds is 3. The van der Waals surface area contributed by atoms with Gasteiger partial charge in [0, 0.05) is 55.1 Å². The number of halogens is 2. The maximum atomic E-state index is 12.1. The SMILES string of the molecule is CC(=O)n1cc([C@@H](c2cccs2)N2CCNCC2)c2ccccc21.Cl.Cl. The summed E-state index contributed by atoms with van der Waals surface area (Å²) in [4.78, 5) is 16.0. The molecule has 1 aliphatic rings. The Hall–Kier alpha value is -1.37. The zero-order chi connectivity index (χ0) is 16.5. The van der Waals surface area contributed by atoms with E-state index in [1.165, 1.54) is 15.8 Å². The highest BCUT2D eigenvalue weighted by atomic mass is 35.5. The highest BCUT2D eigenvalue weighted by Crippen LogP contribution is 2.37. The van der Waals surface area contributed by atoms with Crippen molar-refractivity contribution in [2.24, 2.45) is 0 Å². The lowest BCUT2D eigenvalue weighted by molar-refractivity contribution is 0.0941. The van der Waals surface area contributed by atoms with Crippen LogP contribution in [0, 0.1) is 0 Å². The minimum absolute atomic E-state index is 0. The van der Waals surface area contributed by atoms with Gasteiger partial charge in [0.15, 0.2) is 0 Å². The first-order chi connectivity index (χ1) is 11.8. The topological polar surface area (TPSA) is 37.3 Å². The van der Waals surface area contributed by atoms with E-state index >= 15 is 0 Å². The second kappa shape index (κ2) is 9.02. The number of fused-ring (bicyclic) bond motifs is 1. The predicted molar refractivity (Wildman–Crippen MR) is 113 cm³/mol. The van der Waals surface area contributed by atoms with Gasteiger partial charge < -0.3 is 5.32 Å². The number of thiophene rings is 1. The average Bonchev–Trinajstić information content (AvgIpc) is 3.25. The summed E-state index contributed by atoms with van der Waals surface area (Å²) < 4.78 is 1.79. The van der Waals surface area contributed by atoms with Crippen molar-refractivity contribution in [2.45, 2.75) is 13.0 Å². The van der Waals surface area contributed by atoms with Gasteiger partial charge in [0.1, 0.15) is 0 Å². The average molecular weight is 412 g/mol. The van der Waals surface area contributed by atoms with Crippen molar-refractivity contribution >= 4 is 53.0 Å². The second-order valence-corrected chi connectivity index (χ2v) is 7.17. The van der Waals surface area contributed by atoms with Gasteiger partial charge in [-0.15, -0.1) is 36.2 Å². The van der Waals surface area contributed by atoms with Crippen LogP contribution in [0.4, 0.5) is 0 Å². The standard InChI is InChI=1S/C19H21N3OS.2ClH/c1-14(23)22-13-16(15-5-2-3-6-17(15)22)19(18-7-4-12-24-18)21-10-8-20-9-11-21;;/h2-7,12-13,19-20H,8-11H2,1H3;2*1H/t19-;;/m0../s1. The van der Waals surface area contributed by atoms with E-state index in [-0.39, 0.29) is 36.8 Å². The van der Waals surface area contributed by atoms with Gasteiger partial charge in [0.05, 0.1) is 11.6 Å². The Morgan fingerprint density at radius 3 is 2.50 bits per heavy atom. The minimum atomic E-state index is 0. The van der Waals surface area contributed by atoms with Gasteiger partial charge >= 0.3 is 0 Å². The van der Waals surface area contributed by atoms with Crippen molar-refractivity contribution in [3.8, 4) is 0 Å². The molecule has 0 spiro atoms. The van der Waals surface area contributed by atoms with E-state index in [9.17, 15) is 4.79 Å². The van der Waals surface area contributed by atoms with Crippen LogP contribution in [0.25, 0.3) is 10.9 Å². The summed E-state index contributed by atoms with van der Waals surface area (Å²) in [5, 5.41) is 6.73. The number of piperazine rings is 1. The number of para-hydroxylation sites is 1. The molecule has 1 aliphatic heterocycles. The summed E-state index contributed by atoms with van der Waals surface area (Å²) in [6.45, 7) is 5.67. The summed E-state index contributed by atoms with van der Waals surface area (Å²) in [6.07, 6.45) is 2.04. The van der Waals surface area contributed by atoms with Crippen molar-refractivity contribution < 1.29 is 4.79 Å². The molecule has 1 fully saturated rings. The highest BCUT2D eigenvalue weighted by molar-refractivity contribution is 7.10. The maximum absolute atomic E-state index is 12.1. The van der Waals surface area contributed by atoms with E-state index in [1.807, 2.05) is 18.3 Å². The fraction of sp³-hybridized carbons (Fsp3) is 0.316. The van der Waals surface area contributed by atoms with Crippen LogP contribution < -0.4 is 5.32 Å². The van der Waals surface area contributed by atoms with E-state index < -0.39 is 0 Å². The molecule has 0 amide bonds. The fourth-order valence-corrected chi connectivity index (χ4v) is 4.48. The maximum Gasteiger partial charge on any atom is 0.227 e. The van der Waals surface area contributed by atoms with Crippen LogP contribution in [0.3, 0.4) is 0 Å². The number of benzene rings is 1. The van der Waals surface area contributed by atoms with Crippen molar-refractivity contribution in [3.63, 3.8) is 0 Å². The highest BCUT2D eigenvalue weighted by Gasteiger charge is 2.28. The van der Waals surface area contributed by atoms with Gasteiger partial charge in [-0.3, -0.25) is 14.3 Å². The van der Waals surface area contributed by atoms with Gasteiger partial charge in [-0.1, -0.05) is 24.3 Å². The number of aromatic nitrogens is 1. The van der Waals surface area contributed by atoms with Crippen LogP contribution in [-0.2, 0) is 0 Å². The number of nitrogens with zero attached hydrogens (tertiary/aromatic N) is 2. The molecule has 1 atom stereocenters. The van der Waals surface area contributed by atoms with Crippen molar-refractivity contribution in [2.75, 3.05) is 26.2 Å². The second-order valence-electron chi connectivity index (χ2n) is 6.19. The third-order valence-corrected chi connectivity index (χ3v) is 5.63. The largest absolute Gasteiger partial charge is 0.314 e. The van der Waals surface area contributed by atoms with E-state index in [0.717, 1.165) is 31.7 Å². The fourth-order valence-electron chi connectivity index (χ4n) is 3.60. The molecule has 0 radical (unpaired) electrons. The third kappa shape index (κ3) is 3.82. The molecular weight excluding hydrogens is 389 g/mol. The number of hydrogen-bond donors (Lipinski definition) is 1. The molecule has 1 aromatic carbocycles. The smallest absolute Gasteiger partial charge is 0.227 e. The molecule has 1 N–H and O–H groups in total. The molecule has 3 aromatic rings. The zero-order valence-electron chi connectivity index (χ0n) is 14.6. The van der Waals surface area contributed by atoms with Crippen LogP contribution in [0.15, 0.2) is 48.0 Å². The van der Waals surface area contributed by atoms with Gasteiger partial charge in [0.2, 0.25) is 5.91 Å². The number of carbonyl (C=O) groups is 1. The van der Waals surface area contributed by atoms with E-state index in [1.54, 1.807) is 22.8 Å². The zero-order valence-corrected chi connectivity index (χ0v) is 17.0. The lowest BCUT2D eigenvalue weighted by Crippen LogP contribution is -2.45. The Balaban J connectivity index is 0.00000121. The lowest BCUT2D eigenvalue weighted by Gasteiger charge is -2.34. The van der Waals surface area contributed by atoms with E-state index in [0.29, 0.717) is 0 Å². The van der Waals surface area contributed by atoms with Gasteiger partial charge in [-0.2, -0.15) is 0 Å². The molecule has 4 rings (SSSR count). The Morgan fingerprint density at radius 1 is 1.12 bits per heavy atom. The Morgan fingerprint density at radius 2 is 1.85 bits per heavy atom. The summed E-state index contributed by atoms with van der Waals surface area (Å²) in [6, 6.07) is 12.7. The molecule has 26 heavy (non-hydrogen) atoms. The molecule has 0 unspecified atom stereocenters. The molecule has 0 aliphatic carbocycles.